The number of rotatable bonds is 10. The van der Waals surface area contributed by atoms with Crippen LogP contribution in [0.2, 0.25) is 0 Å². The van der Waals surface area contributed by atoms with Gasteiger partial charge >= 0.3 is 0 Å². The van der Waals surface area contributed by atoms with Crippen LogP contribution in [-0.4, -0.2) is 51.4 Å². The van der Waals surface area contributed by atoms with E-state index >= 15 is 0 Å². The van der Waals surface area contributed by atoms with Crippen LogP contribution >= 0.6 is 0 Å². The Balaban J connectivity index is 1.24. The van der Waals surface area contributed by atoms with Crippen molar-refractivity contribution in [2.45, 2.75) is 32.2 Å². The third-order valence-corrected chi connectivity index (χ3v) is 6.75. The smallest absolute Gasteiger partial charge is 0.225 e. The highest BCUT2D eigenvalue weighted by Gasteiger charge is 2.21. The van der Waals surface area contributed by atoms with Crippen molar-refractivity contribution in [1.82, 2.24) is 15.3 Å². The molecule has 2 N–H and O–H groups in total. The van der Waals surface area contributed by atoms with Crippen molar-refractivity contribution < 1.29 is 9.47 Å². The van der Waals surface area contributed by atoms with E-state index in [1.807, 2.05) is 38.4 Å². The van der Waals surface area contributed by atoms with Crippen molar-refractivity contribution >= 4 is 22.7 Å². The van der Waals surface area contributed by atoms with Gasteiger partial charge in [0.25, 0.3) is 0 Å². The number of nitrogens with one attached hydrogen (secondary N) is 2. The molecule has 0 amide bonds. The summed E-state index contributed by atoms with van der Waals surface area (Å²) >= 11 is 0. The molecule has 3 aromatic rings. The van der Waals surface area contributed by atoms with E-state index in [0.717, 1.165) is 59.4 Å². The van der Waals surface area contributed by atoms with Gasteiger partial charge in [-0.2, -0.15) is 4.98 Å². The first-order chi connectivity index (χ1) is 16.6. The molecule has 0 radical (unpaired) electrons. The van der Waals surface area contributed by atoms with Gasteiger partial charge in [-0.3, -0.25) is 0 Å². The number of hydrogen-bond acceptors (Lipinski definition) is 7. The number of ether oxygens (including phenoxy) is 2. The average Bonchev–Trinajstić information content (AvgIpc) is 2.87. The molecule has 1 aromatic heterocycles. The number of hydrogen-bond donors (Lipinski definition) is 2. The van der Waals surface area contributed by atoms with Crippen molar-refractivity contribution in [2.24, 2.45) is 11.8 Å². The summed E-state index contributed by atoms with van der Waals surface area (Å²) in [6.07, 6.45) is 4.96. The zero-order valence-electron chi connectivity index (χ0n) is 20.8. The molecule has 34 heavy (non-hydrogen) atoms. The third-order valence-electron chi connectivity index (χ3n) is 6.75. The van der Waals surface area contributed by atoms with Crippen molar-refractivity contribution in [3.05, 3.63) is 48.0 Å². The van der Waals surface area contributed by atoms with Gasteiger partial charge in [-0.1, -0.05) is 24.3 Å². The largest absolute Gasteiger partial charge is 0.493 e. The quantitative estimate of drug-likeness (QED) is 0.451. The predicted molar refractivity (Wildman–Crippen MR) is 139 cm³/mol. The second-order valence-electron chi connectivity index (χ2n) is 9.33. The molecule has 1 saturated carbocycles. The van der Waals surface area contributed by atoms with Gasteiger partial charge in [-0.25, -0.2) is 4.98 Å². The molecule has 1 heterocycles. The summed E-state index contributed by atoms with van der Waals surface area (Å²) in [6.45, 7) is 2.74. The molecular weight excluding hydrogens is 426 g/mol. The van der Waals surface area contributed by atoms with Crippen LogP contribution in [0.5, 0.6) is 11.5 Å². The molecule has 0 bridgehead atoms. The standard InChI is InChI=1S/C27H37N5O2/c1-32(2)26-22-9-5-6-10-23(22)30-27(31-26)29-17-20-14-12-19(13-15-20)16-28-18-21-8-7-11-24(33-3)25(21)34-4/h5-11,19-20,28H,12-18H2,1-4H3,(H,29,30,31). The Morgan fingerprint density at radius 2 is 1.62 bits per heavy atom. The molecule has 182 valence electrons. The Hall–Kier alpha value is -3.06. The second-order valence-corrected chi connectivity index (χ2v) is 9.33. The minimum absolute atomic E-state index is 0.660. The van der Waals surface area contributed by atoms with Crippen LogP contribution in [0.4, 0.5) is 11.8 Å². The number of fused-ring (bicyclic) bond motifs is 1. The minimum Gasteiger partial charge on any atom is -0.493 e. The van der Waals surface area contributed by atoms with Gasteiger partial charge in [-0.05, 0) is 62.3 Å². The fourth-order valence-electron chi connectivity index (χ4n) is 4.86. The van der Waals surface area contributed by atoms with Crippen LogP contribution in [0.25, 0.3) is 10.9 Å². The molecular formula is C27H37N5O2. The maximum atomic E-state index is 5.55. The van der Waals surface area contributed by atoms with E-state index in [4.69, 9.17) is 19.4 Å². The van der Waals surface area contributed by atoms with E-state index < -0.39 is 0 Å². The minimum atomic E-state index is 0.660. The van der Waals surface area contributed by atoms with Crippen LogP contribution in [-0.2, 0) is 6.54 Å². The molecule has 4 rings (SSSR count). The SMILES string of the molecule is COc1cccc(CNCC2CCC(CNc3nc(N(C)C)c4ccccc4n3)CC2)c1OC. The highest BCUT2D eigenvalue weighted by Crippen LogP contribution is 2.32. The summed E-state index contributed by atoms with van der Waals surface area (Å²) in [5.41, 5.74) is 2.11. The normalized spacial score (nSPS) is 18.0. The van der Waals surface area contributed by atoms with E-state index in [1.165, 1.54) is 25.7 Å². The van der Waals surface area contributed by atoms with Gasteiger partial charge in [-0.15, -0.1) is 0 Å². The van der Waals surface area contributed by atoms with Gasteiger partial charge in [0.2, 0.25) is 5.95 Å². The molecule has 1 aliphatic rings. The number of methoxy groups -OCH3 is 2. The Bertz CT molecular complexity index is 1080. The molecule has 2 aromatic carbocycles. The van der Waals surface area contributed by atoms with E-state index in [9.17, 15) is 0 Å². The molecule has 0 spiro atoms. The lowest BCUT2D eigenvalue weighted by Crippen LogP contribution is -2.28. The first kappa shape index (κ1) is 24.1. The summed E-state index contributed by atoms with van der Waals surface area (Å²) in [5.74, 6) is 4.65. The number of nitrogens with zero attached hydrogens (tertiary/aromatic N) is 3. The number of anilines is 2. The Labute approximate surface area is 202 Å². The first-order valence-electron chi connectivity index (χ1n) is 12.2. The molecule has 1 aliphatic carbocycles. The highest BCUT2D eigenvalue weighted by atomic mass is 16.5. The molecule has 0 atom stereocenters. The Morgan fingerprint density at radius 1 is 0.882 bits per heavy atom. The monoisotopic (exact) mass is 463 g/mol. The highest BCUT2D eigenvalue weighted by molar-refractivity contribution is 5.90. The van der Waals surface area contributed by atoms with Crippen molar-refractivity contribution in [2.75, 3.05) is 51.6 Å². The molecule has 7 heteroatoms. The zero-order chi connectivity index (χ0) is 23.9. The van der Waals surface area contributed by atoms with Crippen molar-refractivity contribution in [3.8, 4) is 11.5 Å². The maximum absolute atomic E-state index is 5.55. The van der Waals surface area contributed by atoms with Crippen molar-refractivity contribution in [1.29, 1.82) is 0 Å². The summed E-state index contributed by atoms with van der Waals surface area (Å²) in [4.78, 5) is 11.6. The summed E-state index contributed by atoms with van der Waals surface area (Å²) in [6, 6.07) is 14.2. The lowest BCUT2D eigenvalue weighted by atomic mass is 9.82. The van der Waals surface area contributed by atoms with E-state index in [2.05, 4.69) is 33.7 Å². The van der Waals surface area contributed by atoms with E-state index in [-0.39, 0.29) is 0 Å². The fourth-order valence-corrected chi connectivity index (χ4v) is 4.86. The fraction of sp³-hybridized carbons (Fsp3) is 0.481. The van der Waals surface area contributed by atoms with Crippen LogP contribution in [0.1, 0.15) is 31.2 Å². The van der Waals surface area contributed by atoms with Crippen LogP contribution < -0.4 is 25.0 Å². The zero-order valence-corrected chi connectivity index (χ0v) is 20.8. The second kappa shape index (κ2) is 11.4. The molecule has 7 nitrogen and oxygen atoms in total. The van der Waals surface area contributed by atoms with Gasteiger partial charge < -0.3 is 25.0 Å². The van der Waals surface area contributed by atoms with Crippen LogP contribution in [0, 0.1) is 11.8 Å². The van der Waals surface area contributed by atoms with Crippen molar-refractivity contribution in [3.63, 3.8) is 0 Å². The number of benzene rings is 2. The molecule has 0 unspecified atom stereocenters. The van der Waals surface area contributed by atoms with Crippen LogP contribution in [0.3, 0.4) is 0 Å². The third kappa shape index (κ3) is 5.70. The first-order valence-corrected chi connectivity index (χ1v) is 12.2. The van der Waals surface area contributed by atoms with Gasteiger partial charge in [0.1, 0.15) is 5.82 Å². The van der Waals surface area contributed by atoms with Gasteiger partial charge in [0.15, 0.2) is 11.5 Å². The molecule has 1 fully saturated rings. The Morgan fingerprint density at radius 3 is 2.32 bits per heavy atom. The Kier molecular flexibility index (Phi) is 8.06. The maximum Gasteiger partial charge on any atom is 0.225 e. The number of aromatic nitrogens is 2. The van der Waals surface area contributed by atoms with Crippen LogP contribution in [0.15, 0.2) is 42.5 Å². The lowest BCUT2D eigenvalue weighted by molar-refractivity contribution is 0.275. The molecule has 0 saturated heterocycles. The topological polar surface area (TPSA) is 71.5 Å². The van der Waals surface area contributed by atoms with Gasteiger partial charge in [0.05, 0.1) is 19.7 Å². The molecule has 0 aliphatic heterocycles. The predicted octanol–water partition coefficient (Wildman–Crippen LogP) is 4.72. The summed E-state index contributed by atoms with van der Waals surface area (Å²) in [5, 5.41) is 8.22. The van der Waals surface area contributed by atoms with E-state index in [1.54, 1.807) is 14.2 Å². The van der Waals surface area contributed by atoms with E-state index in [0.29, 0.717) is 11.8 Å². The average molecular weight is 464 g/mol. The summed E-state index contributed by atoms with van der Waals surface area (Å²) in [7, 11) is 7.42. The van der Waals surface area contributed by atoms with Gasteiger partial charge in [0, 0.05) is 38.1 Å². The number of para-hydroxylation sites is 2. The summed E-state index contributed by atoms with van der Waals surface area (Å²) < 4.78 is 11.0. The lowest BCUT2D eigenvalue weighted by Gasteiger charge is -2.29.